The normalized spacial score (nSPS) is 19.1. The number of esters is 1. The highest BCUT2D eigenvalue weighted by Gasteiger charge is 2.37. The molecule has 1 fully saturated rings. The van der Waals surface area contributed by atoms with E-state index in [0.717, 1.165) is 5.92 Å². The summed E-state index contributed by atoms with van der Waals surface area (Å²) < 4.78 is 4.67. The Morgan fingerprint density at radius 1 is 1.57 bits per heavy atom. The molecule has 1 unspecified atom stereocenters. The molecule has 0 heterocycles. The maximum Gasteiger partial charge on any atom is 0.309 e. The van der Waals surface area contributed by atoms with Gasteiger partial charge < -0.3 is 10.1 Å². The van der Waals surface area contributed by atoms with E-state index in [2.05, 4.69) is 23.9 Å². The maximum absolute atomic E-state index is 11.2. The summed E-state index contributed by atoms with van der Waals surface area (Å²) in [5.41, 5.74) is 0.169. The Labute approximate surface area is 86.2 Å². The number of methoxy groups -OCH3 is 1. The summed E-state index contributed by atoms with van der Waals surface area (Å²) in [6.07, 6.45) is 2.62. The molecule has 0 aromatic carbocycles. The van der Waals surface area contributed by atoms with E-state index in [1.807, 2.05) is 6.92 Å². The lowest BCUT2D eigenvalue weighted by atomic mass is 9.98. The van der Waals surface area contributed by atoms with Crippen molar-refractivity contribution in [3.05, 3.63) is 0 Å². The first-order valence-electron chi connectivity index (χ1n) is 5.30. The van der Waals surface area contributed by atoms with E-state index < -0.39 is 0 Å². The van der Waals surface area contributed by atoms with Crippen molar-refractivity contribution in [1.82, 2.24) is 5.32 Å². The molecule has 82 valence electrons. The van der Waals surface area contributed by atoms with E-state index in [9.17, 15) is 4.79 Å². The van der Waals surface area contributed by atoms with E-state index in [-0.39, 0.29) is 17.4 Å². The van der Waals surface area contributed by atoms with Crippen LogP contribution in [-0.2, 0) is 9.53 Å². The van der Waals surface area contributed by atoms with Crippen molar-refractivity contribution in [2.75, 3.05) is 13.7 Å². The fraction of sp³-hybridized carbons (Fsp3) is 0.909. The molecular weight excluding hydrogens is 178 g/mol. The molecule has 3 heteroatoms. The topological polar surface area (TPSA) is 38.3 Å². The van der Waals surface area contributed by atoms with E-state index in [1.54, 1.807) is 0 Å². The summed E-state index contributed by atoms with van der Waals surface area (Å²) in [4.78, 5) is 11.2. The van der Waals surface area contributed by atoms with Gasteiger partial charge in [0, 0.05) is 12.1 Å². The third kappa shape index (κ3) is 2.98. The van der Waals surface area contributed by atoms with Crippen LogP contribution in [0.25, 0.3) is 0 Å². The monoisotopic (exact) mass is 199 g/mol. The number of carbonyl (C=O) groups excluding carboxylic acids is 1. The molecular formula is C11H21NO2. The summed E-state index contributed by atoms with van der Waals surface area (Å²) in [6, 6.07) is 0. The lowest BCUT2D eigenvalue weighted by molar-refractivity contribution is -0.144. The minimum absolute atomic E-state index is 0.0574. The van der Waals surface area contributed by atoms with Gasteiger partial charge in [-0.15, -0.1) is 0 Å². The Kier molecular flexibility index (Phi) is 3.53. The highest BCUT2D eigenvalue weighted by Crippen LogP contribution is 2.39. The van der Waals surface area contributed by atoms with E-state index in [1.165, 1.54) is 20.0 Å². The minimum atomic E-state index is -0.135. The summed E-state index contributed by atoms with van der Waals surface area (Å²) in [6.45, 7) is 7.00. The lowest BCUT2D eigenvalue weighted by Crippen LogP contribution is -2.44. The van der Waals surface area contributed by atoms with Crippen molar-refractivity contribution < 1.29 is 9.53 Å². The van der Waals surface area contributed by atoms with Gasteiger partial charge in [0.1, 0.15) is 0 Å². The molecule has 3 nitrogen and oxygen atoms in total. The maximum atomic E-state index is 11.2. The van der Waals surface area contributed by atoms with E-state index >= 15 is 0 Å². The second kappa shape index (κ2) is 4.30. The van der Waals surface area contributed by atoms with Gasteiger partial charge in [0.15, 0.2) is 0 Å². The van der Waals surface area contributed by atoms with Crippen LogP contribution in [0.5, 0.6) is 0 Å². The zero-order valence-corrected chi connectivity index (χ0v) is 9.59. The van der Waals surface area contributed by atoms with Gasteiger partial charge in [-0.25, -0.2) is 0 Å². The average molecular weight is 199 g/mol. The summed E-state index contributed by atoms with van der Waals surface area (Å²) in [5, 5.41) is 3.44. The van der Waals surface area contributed by atoms with Crippen molar-refractivity contribution in [2.24, 2.45) is 11.8 Å². The van der Waals surface area contributed by atoms with Gasteiger partial charge in [-0.3, -0.25) is 4.79 Å². The quantitative estimate of drug-likeness (QED) is 0.683. The highest BCUT2D eigenvalue weighted by molar-refractivity contribution is 5.72. The molecule has 0 spiro atoms. The Hall–Kier alpha value is -0.570. The zero-order valence-electron chi connectivity index (χ0n) is 9.59. The van der Waals surface area contributed by atoms with Crippen LogP contribution < -0.4 is 5.32 Å². The molecule has 0 aromatic heterocycles. The average Bonchev–Trinajstić information content (AvgIpc) is 2.96. The number of nitrogens with one attached hydrogen (secondary N) is 1. The Morgan fingerprint density at radius 2 is 2.14 bits per heavy atom. The fourth-order valence-corrected chi connectivity index (χ4v) is 1.65. The molecule has 0 amide bonds. The first-order valence-corrected chi connectivity index (χ1v) is 5.30. The predicted molar refractivity (Wildman–Crippen MR) is 56.0 cm³/mol. The molecule has 1 aliphatic carbocycles. The van der Waals surface area contributed by atoms with E-state index in [0.29, 0.717) is 6.54 Å². The Bertz CT molecular complexity index is 209. The molecule has 0 aromatic rings. The number of carbonyl (C=O) groups is 1. The van der Waals surface area contributed by atoms with Gasteiger partial charge in [-0.05, 0) is 32.6 Å². The standard InChI is InChI=1S/C11H21NO2/c1-8(10(13)14-4)7-12-11(2,3)9-5-6-9/h8-9,12H,5-7H2,1-4H3. The lowest BCUT2D eigenvalue weighted by Gasteiger charge is -2.27. The molecule has 0 saturated heterocycles. The van der Waals surface area contributed by atoms with Crippen molar-refractivity contribution in [1.29, 1.82) is 0 Å². The Morgan fingerprint density at radius 3 is 2.57 bits per heavy atom. The first kappa shape index (κ1) is 11.5. The van der Waals surface area contributed by atoms with Crippen LogP contribution in [0.4, 0.5) is 0 Å². The molecule has 0 bridgehead atoms. The van der Waals surface area contributed by atoms with Gasteiger partial charge in [0.25, 0.3) is 0 Å². The van der Waals surface area contributed by atoms with Crippen LogP contribution in [-0.4, -0.2) is 25.2 Å². The van der Waals surface area contributed by atoms with Crippen LogP contribution in [0, 0.1) is 11.8 Å². The molecule has 1 aliphatic rings. The van der Waals surface area contributed by atoms with Gasteiger partial charge >= 0.3 is 5.97 Å². The Balaban J connectivity index is 2.28. The summed E-state index contributed by atoms with van der Waals surface area (Å²) in [7, 11) is 1.44. The predicted octanol–water partition coefficient (Wildman–Crippen LogP) is 1.57. The molecule has 1 saturated carbocycles. The second-order valence-corrected chi connectivity index (χ2v) is 4.80. The first-order chi connectivity index (χ1) is 6.47. The molecule has 14 heavy (non-hydrogen) atoms. The van der Waals surface area contributed by atoms with Crippen molar-refractivity contribution in [2.45, 2.75) is 39.2 Å². The molecule has 1 atom stereocenters. The summed E-state index contributed by atoms with van der Waals surface area (Å²) in [5.74, 6) is 0.592. The van der Waals surface area contributed by atoms with E-state index in [4.69, 9.17) is 0 Å². The third-order valence-corrected chi connectivity index (χ3v) is 3.07. The van der Waals surface area contributed by atoms with Gasteiger partial charge in [0.05, 0.1) is 13.0 Å². The van der Waals surface area contributed by atoms with Crippen LogP contribution in [0.15, 0.2) is 0 Å². The van der Waals surface area contributed by atoms with Crippen LogP contribution in [0.2, 0.25) is 0 Å². The van der Waals surface area contributed by atoms with Crippen LogP contribution in [0.1, 0.15) is 33.6 Å². The van der Waals surface area contributed by atoms with Crippen LogP contribution in [0.3, 0.4) is 0 Å². The van der Waals surface area contributed by atoms with Crippen molar-refractivity contribution in [3.8, 4) is 0 Å². The molecule has 0 radical (unpaired) electrons. The van der Waals surface area contributed by atoms with Gasteiger partial charge in [-0.1, -0.05) is 6.92 Å². The number of hydrogen-bond donors (Lipinski definition) is 1. The molecule has 1 rings (SSSR count). The molecule has 1 N–H and O–H groups in total. The third-order valence-electron chi connectivity index (χ3n) is 3.07. The SMILES string of the molecule is COC(=O)C(C)CNC(C)(C)C1CC1. The largest absolute Gasteiger partial charge is 0.469 e. The molecule has 0 aliphatic heterocycles. The number of rotatable bonds is 5. The zero-order chi connectivity index (χ0) is 10.8. The highest BCUT2D eigenvalue weighted by atomic mass is 16.5. The van der Waals surface area contributed by atoms with Crippen LogP contribution >= 0.6 is 0 Å². The number of ether oxygens (including phenoxy) is 1. The van der Waals surface area contributed by atoms with Gasteiger partial charge in [-0.2, -0.15) is 0 Å². The second-order valence-electron chi connectivity index (χ2n) is 4.80. The van der Waals surface area contributed by atoms with Crippen molar-refractivity contribution >= 4 is 5.97 Å². The minimum Gasteiger partial charge on any atom is -0.469 e. The summed E-state index contributed by atoms with van der Waals surface area (Å²) >= 11 is 0. The van der Waals surface area contributed by atoms with Crippen molar-refractivity contribution in [3.63, 3.8) is 0 Å². The fourth-order valence-electron chi connectivity index (χ4n) is 1.65. The number of hydrogen-bond acceptors (Lipinski definition) is 3. The van der Waals surface area contributed by atoms with Gasteiger partial charge in [0.2, 0.25) is 0 Å². The smallest absolute Gasteiger partial charge is 0.309 e.